The summed E-state index contributed by atoms with van der Waals surface area (Å²) in [5.74, 6) is 0.247. The number of aliphatic imine (C=N–C) groups is 1. The SMILES string of the molecule is CN=C(NCc1ccc(F)c(CO)c1)NC(C)COC. The van der Waals surface area contributed by atoms with Crippen LogP contribution in [0.5, 0.6) is 0 Å². The van der Waals surface area contributed by atoms with E-state index in [0.29, 0.717) is 24.7 Å². The molecule has 0 spiro atoms. The van der Waals surface area contributed by atoms with E-state index in [1.54, 1.807) is 26.3 Å². The van der Waals surface area contributed by atoms with Crippen molar-refractivity contribution in [1.82, 2.24) is 10.6 Å². The van der Waals surface area contributed by atoms with E-state index >= 15 is 0 Å². The van der Waals surface area contributed by atoms with Crippen LogP contribution in [-0.2, 0) is 17.9 Å². The first-order valence-corrected chi connectivity index (χ1v) is 6.45. The van der Waals surface area contributed by atoms with Crippen LogP contribution in [0.2, 0.25) is 0 Å². The third-order valence-electron chi connectivity index (χ3n) is 2.76. The number of benzene rings is 1. The molecule has 0 aliphatic rings. The van der Waals surface area contributed by atoms with Gasteiger partial charge in [-0.2, -0.15) is 0 Å². The molecule has 3 N–H and O–H groups in total. The zero-order chi connectivity index (χ0) is 15.0. The maximum atomic E-state index is 13.3. The molecule has 0 heterocycles. The van der Waals surface area contributed by atoms with Gasteiger partial charge in [-0.05, 0) is 24.6 Å². The normalized spacial score (nSPS) is 13.2. The van der Waals surface area contributed by atoms with Crippen molar-refractivity contribution in [1.29, 1.82) is 0 Å². The van der Waals surface area contributed by atoms with Gasteiger partial charge in [0.15, 0.2) is 5.96 Å². The van der Waals surface area contributed by atoms with Gasteiger partial charge in [-0.15, -0.1) is 0 Å². The zero-order valence-corrected chi connectivity index (χ0v) is 12.1. The Morgan fingerprint density at radius 1 is 1.50 bits per heavy atom. The van der Waals surface area contributed by atoms with E-state index in [0.717, 1.165) is 5.56 Å². The summed E-state index contributed by atoms with van der Waals surface area (Å²) >= 11 is 0. The van der Waals surface area contributed by atoms with Crippen molar-refractivity contribution >= 4 is 5.96 Å². The van der Waals surface area contributed by atoms with Crippen LogP contribution in [0.4, 0.5) is 4.39 Å². The number of methoxy groups -OCH3 is 1. The zero-order valence-electron chi connectivity index (χ0n) is 12.1. The second-order valence-corrected chi connectivity index (χ2v) is 4.51. The number of halogens is 1. The number of ether oxygens (including phenoxy) is 1. The highest BCUT2D eigenvalue weighted by atomic mass is 19.1. The highest BCUT2D eigenvalue weighted by molar-refractivity contribution is 5.79. The minimum atomic E-state index is -0.396. The number of guanidine groups is 1. The summed E-state index contributed by atoms with van der Waals surface area (Å²) < 4.78 is 18.3. The first-order valence-electron chi connectivity index (χ1n) is 6.45. The summed E-state index contributed by atoms with van der Waals surface area (Å²) in [7, 11) is 3.32. The first kappa shape index (κ1) is 16.4. The number of aliphatic hydroxyl groups is 1. The van der Waals surface area contributed by atoms with Crippen molar-refractivity contribution < 1.29 is 14.2 Å². The number of aliphatic hydroxyl groups excluding tert-OH is 1. The van der Waals surface area contributed by atoms with Crippen LogP contribution in [0.3, 0.4) is 0 Å². The molecule has 0 aliphatic heterocycles. The summed E-state index contributed by atoms with van der Waals surface area (Å²) in [4.78, 5) is 4.10. The number of nitrogens with one attached hydrogen (secondary N) is 2. The Morgan fingerprint density at radius 2 is 2.25 bits per heavy atom. The fourth-order valence-electron chi connectivity index (χ4n) is 1.76. The van der Waals surface area contributed by atoms with Crippen LogP contribution >= 0.6 is 0 Å². The van der Waals surface area contributed by atoms with Crippen molar-refractivity contribution in [2.45, 2.75) is 26.1 Å². The Hall–Kier alpha value is -1.66. The van der Waals surface area contributed by atoms with E-state index in [2.05, 4.69) is 15.6 Å². The van der Waals surface area contributed by atoms with Crippen LogP contribution in [0.1, 0.15) is 18.1 Å². The number of hydrogen-bond donors (Lipinski definition) is 3. The van der Waals surface area contributed by atoms with Crippen molar-refractivity contribution in [3.8, 4) is 0 Å². The average molecular weight is 283 g/mol. The quantitative estimate of drug-likeness (QED) is 0.539. The lowest BCUT2D eigenvalue weighted by molar-refractivity contribution is 0.179. The van der Waals surface area contributed by atoms with Crippen LogP contribution in [0.15, 0.2) is 23.2 Å². The standard InChI is InChI=1S/C14H22FN3O2/c1-10(9-20-3)18-14(16-2)17-7-11-4-5-13(15)12(6-11)8-19/h4-6,10,19H,7-9H2,1-3H3,(H2,16,17,18). The lowest BCUT2D eigenvalue weighted by Crippen LogP contribution is -2.43. The van der Waals surface area contributed by atoms with Gasteiger partial charge in [0.2, 0.25) is 0 Å². The molecule has 1 rings (SSSR count). The van der Waals surface area contributed by atoms with E-state index in [1.165, 1.54) is 6.07 Å². The molecule has 20 heavy (non-hydrogen) atoms. The lowest BCUT2D eigenvalue weighted by atomic mass is 10.1. The van der Waals surface area contributed by atoms with Crippen LogP contribution in [-0.4, -0.2) is 37.9 Å². The third-order valence-corrected chi connectivity index (χ3v) is 2.76. The van der Waals surface area contributed by atoms with E-state index < -0.39 is 5.82 Å². The number of rotatable bonds is 6. The maximum Gasteiger partial charge on any atom is 0.191 e. The molecule has 1 aromatic carbocycles. The molecule has 112 valence electrons. The van der Waals surface area contributed by atoms with Gasteiger partial charge in [0, 0.05) is 32.3 Å². The van der Waals surface area contributed by atoms with Gasteiger partial charge in [-0.25, -0.2) is 4.39 Å². The van der Waals surface area contributed by atoms with E-state index in [9.17, 15) is 4.39 Å². The molecule has 1 aromatic rings. The summed E-state index contributed by atoms with van der Waals surface area (Å²) in [5.41, 5.74) is 1.16. The first-order chi connectivity index (χ1) is 9.60. The molecule has 0 radical (unpaired) electrons. The summed E-state index contributed by atoms with van der Waals surface area (Å²) in [6, 6.07) is 4.79. The second-order valence-electron chi connectivity index (χ2n) is 4.51. The van der Waals surface area contributed by atoms with Gasteiger partial charge in [0.1, 0.15) is 5.82 Å². The monoisotopic (exact) mass is 283 g/mol. The van der Waals surface area contributed by atoms with Crippen LogP contribution in [0, 0.1) is 5.82 Å². The van der Waals surface area contributed by atoms with Crippen molar-refractivity contribution in [3.05, 3.63) is 35.1 Å². The van der Waals surface area contributed by atoms with Gasteiger partial charge in [-0.3, -0.25) is 4.99 Å². The van der Waals surface area contributed by atoms with Crippen molar-refractivity contribution in [3.63, 3.8) is 0 Å². The molecule has 0 saturated carbocycles. The number of nitrogens with zero attached hydrogens (tertiary/aromatic N) is 1. The Labute approximate surface area is 118 Å². The van der Waals surface area contributed by atoms with Gasteiger partial charge < -0.3 is 20.5 Å². The Balaban J connectivity index is 2.56. The Bertz CT molecular complexity index is 452. The van der Waals surface area contributed by atoms with Gasteiger partial charge in [-0.1, -0.05) is 6.07 Å². The topological polar surface area (TPSA) is 65.9 Å². The Morgan fingerprint density at radius 3 is 2.85 bits per heavy atom. The lowest BCUT2D eigenvalue weighted by Gasteiger charge is -2.17. The maximum absolute atomic E-state index is 13.3. The molecule has 0 saturated heterocycles. The predicted molar refractivity (Wildman–Crippen MR) is 77.0 cm³/mol. The molecule has 1 atom stereocenters. The predicted octanol–water partition coefficient (Wildman–Crippen LogP) is 1.02. The van der Waals surface area contributed by atoms with Crippen LogP contribution in [0.25, 0.3) is 0 Å². The smallest absolute Gasteiger partial charge is 0.191 e. The van der Waals surface area contributed by atoms with E-state index in [-0.39, 0.29) is 12.6 Å². The van der Waals surface area contributed by atoms with Gasteiger partial charge >= 0.3 is 0 Å². The highest BCUT2D eigenvalue weighted by Gasteiger charge is 2.06. The molecule has 0 bridgehead atoms. The summed E-state index contributed by atoms with van der Waals surface area (Å²) in [6.45, 7) is 2.74. The van der Waals surface area contributed by atoms with Gasteiger partial charge in [0.25, 0.3) is 0 Å². The summed E-state index contributed by atoms with van der Waals surface area (Å²) in [6.07, 6.45) is 0. The molecular formula is C14H22FN3O2. The van der Waals surface area contributed by atoms with Crippen LogP contribution < -0.4 is 10.6 Å². The van der Waals surface area contributed by atoms with Crippen molar-refractivity contribution in [2.75, 3.05) is 20.8 Å². The fourth-order valence-corrected chi connectivity index (χ4v) is 1.76. The largest absolute Gasteiger partial charge is 0.392 e. The molecule has 6 heteroatoms. The molecule has 0 aliphatic carbocycles. The molecule has 0 fully saturated rings. The highest BCUT2D eigenvalue weighted by Crippen LogP contribution is 2.10. The van der Waals surface area contributed by atoms with E-state index in [4.69, 9.17) is 9.84 Å². The average Bonchev–Trinajstić information content (AvgIpc) is 2.45. The molecule has 1 unspecified atom stereocenters. The Kier molecular flexibility index (Phi) is 6.97. The molecule has 5 nitrogen and oxygen atoms in total. The fraction of sp³-hybridized carbons (Fsp3) is 0.500. The minimum absolute atomic E-state index is 0.132. The second kappa shape index (κ2) is 8.50. The van der Waals surface area contributed by atoms with Gasteiger partial charge in [0.05, 0.1) is 13.2 Å². The summed E-state index contributed by atoms with van der Waals surface area (Å²) in [5, 5.41) is 15.3. The minimum Gasteiger partial charge on any atom is -0.392 e. The molecule has 0 aromatic heterocycles. The molecule has 0 amide bonds. The van der Waals surface area contributed by atoms with Crippen molar-refractivity contribution in [2.24, 2.45) is 4.99 Å². The number of hydrogen-bond acceptors (Lipinski definition) is 3. The molecular weight excluding hydrogens is 261 g/mol. The van der Waals surface area contributed by atoms with E-state index in [1.807, 2.05) is 6.92 Å². The third kappa shape index (κ3) is 5.14.